The van der Waals surface area contributed by atoms with Gasteiger partial charge in [0, 0.05) is 32.7 Å². The largest absolute Gasteiger partial charge is 0.458 e. The minimum atomic E-state index is -2.84. The lowest BCUT2D eigenvalue weighted by Gasteiger charge is -2.28. The Morgan fingerprint density at radius 1 is 0.432 bits per heavy atom. The standard InChI is InChI=1S/C83H78N4O/c1-54-40-78(84-52-73(54)57-30-21-16-22-31-57)87-74-35-24-23-34-69(74)70-38-37-68(51-76(70)87)88-67-33-25-32-66(50-67)85-53-86(75-39-36-58(47-77(75)85)55-26-17-14-18-27-55)79-71(60-41-62(80(2,3)4)48-63(42-60)81(5,6)7)45-59(56-28-19-15-20-29-56)46-72(79)61-43-64(82(8,9)10)49-65(44-61)83(11,12)13/h14-52H,1-13H3/i1D3,14D,15D,16D,17D,18D,19D,20D,21D,22D,26D,27D,28D,29D,30D,31D. The lowest BCUT2D eigenvalue weighted by atomic mass is 9.77. The molecular formula is C83H78N4O. The average Bonchev–Trinajstić information content (AvgIpc) is 1.44. The minimum Gasteiger partial charge on any atom is -0.458 e. The summed E-state index contributed by atoms with van der Waals surface area (Å²) >= 11 is 0. The predicted octanol–water partition coefficient (Wildman–Crippen LogP) is 21.8. The fourth-order valence-corrected chi connectivity index (χ4v) is 11.4. The lowest BCUT2D eigenvalue weighted by molar-refractivity contribution is -0.571. The van der Waals surface area contributed by atoms with Crippen LogP contribution in [0.5, 0.6) is 11.5 Å². The molecule has 0 N–H and O–H groups in total. The SMILES string of the molecule is [2H]c1c([2H])c([2H])c(-c2cc(-c3cc(C(C)(C)C)cc(C(C)(C)C)c3)c(-[n+]3[c-]n(-c4cccc(Oc5ccc6c7ccccc7n(-c7cc(C([2H])([2H])[2H])c(-c8c([2H])c([2H])c([2H])c([2H])c8[2H])cn7)c6c5)c4)c4cc(-c5c([2H])c([2H])c([2H])c([2H])c5[2H])ccc43)c(-c3cc(C(C)(C)C)cc(C(C)(C)C)c3)c2)c([2H])c1[2H]. The molecular weight excluding hydrogens is 1070 g/mol. The third kappa shape index (κ3) is 11.0. The average molecular weight is 1170 g/mol. The van der Waals surface area contributed by atoms with E-state index in [1.807, 2.05) is 81.9 Å². The molecule has 0 radical (unpaired) electrons. The summed E-state index contributed by atoms with van der Waals surface area (Å²) in [5.74, 6) is 0.871. The summed E-state index contributed by atoms with van der Waals surface area (Å²) < 4.78 is 172. The Bertz CT molecular complexity index is 5610. The highest BCUT2D eigenvalue weighted by Crippen LogP contribution is 2.45. The predicted molar refractivity (Wildman–Crippen MR) is 369 cm³/mol. The maximum absolute atomic E-state index is 9.54. The molecule has 0 fully saturated rings. The van der Waals surface area contributed by atoms with Crippen molar-refractivity contribution in [1.29, 1.82) is 0 Å². The van der Waals surface area contributed by atoms with Crippen LogP contribution in [0.15, 0.2) is 236 Å². The quantitative estimate of drug-likeness (QED) is 0.101. The van der Waals surface area contributed by atoms with E-state index in [-0.39, 0.29) is 45.7 Å². The van der Waals surface area contributed by atoms with Crippen molar-refractivity contribution in [2.24, 2.45) is 0 Å². The van der Waals surface area contributed by atoms with Gasteiger partial charge >= 0.3 is 0 Å². The fourth-order valence-electron chi connectivity index (χ4n) is 11.4. The molecule has 0 bridgehead atoms. The van der Waals surface area contributed by atoms with Crippen molar-refractivity contribution in [1.82, 2.24) is 14.1 Å². The second-order valence-corrected chi connectivity index (χ2v) is 26.7. The van der Waals surface area contributed by atoms with Crippen molar-refractivity contribution >= 4 is 32.8 Å². The van der Waals surface area contributed by atoms with Crippen molar-refractivity contribution in [2.75, 3.05) is 0 Å². The molecule has 0 unspecified atom stereocenters. The van der Waals surface area contributed by atoms with E-state index >= 15 is 0 Å². The van der Waals surface area contributed by atoms with Gasteiger partial charge < -0.3 is 4.74 Å². The Labute approximate surface area is 545 Å². The number of para-hydroxylation sites is 1. The van der Waals surface area contributed by atoms with Crippen molar-refractivity contribution < 1.29 is 34.0 Å². The van der Waals surface area contributed by atoms with Crippen molar-refractivity contribution in [3.05, 3.63) is 271 Å². The van der Waals surface area contributed by atoms with Crippen LogP contribution >= 0.6 is 0 Å². The number of rotatable bonds is 10. The molecule has 0 saturated carbocycles. The van der Waals surface area contributed by atoms with Crippen molar-refractivity contribution in [3.63, 3.8) is 0 Å². The fraction of sp³-hybridized carbons (Fsp3) is 0.205. The molecule has 0 aliphatic heterocycles. The molecule has 0 amide bonds. The summed E-state index contributed by atoms with van der Waals surface area (Å²) in [7, 11) is 0. The zero-order valence-electron chi connectivity index (χ0n) is 69.6. The molecule has 88 heavy (non-hydrogen) atoms. The van der Waals surface area contributed by atoms with E-state index < -0.39 is 107 Å². The van der Waals surface area contributed by atoms with Gasteiger partial charge in [0.05, 0.1) is 54.0 Å². The number of hydrogen-bond donors (Lipinski definition) is 0. The normalized spacial score (nSPS) is 15.4. The monoisotopic (exact) mass is 1160 g/mol. The summed E-state index contributed by atoms with van der Waals surface area (Å²) in [5, 5.41) is 1.56. The second-order valence-electron chi connectivity index (χ2n) is 26.7. The van der Waals surface area contributed by atoms with Gasteiger partial charge in [0.1, 0.15) is 17.3 Å². The van der Waals surface area contributed by atoms with Crippen LogP contribution in [0.1, 0.15) is 136 Å². The highest BCUT2D eigenvalue weighted by Gasteiger charge is 2.29. The van der Waals surface area contributed by atoms with Crippen LogP contribution in [0.3, 0.4) is 0 Å². The van der Waals surface area contributed by atoms with Gasteiger partial charge in [-0.15, -0.1) is 0 Å². The molecule has 13 rings (SSSR count). The Hall–Kier alpha value is -9.58. The summed E-state index contributed by atoms with van der Waals surface area (Å²) in [6.07, 6.45) is 5.03. The number of hydrogen-bond acceptors (Lipinski definition) is 2. The number of aromatic nitrogens is 4. The molecule has 0 spiro atoms. The summed E-state index contributed by atoms with van der Waals surface area (Å²) in [4.78, 5) is 4.77. The van der Waals surface area contributed by atoms with Crippen LogP contribution in [-0.2, 0) is 21.7 Å². The highest BCUT2D eigenvalue weighted by atomic mass is 16.5. The number of pyridine rings is 1. The van der Waals surface area contributed by atoms with Crippen molar-refractivity contribution in [3.8, 4) is 84.3 Å². The van der Waals surface area contributed by atoms with Gasteiger partial charge in [-0.25, -0.2) is 4.98 Å². The van der Waals surface area contributed by atoms with Gasteiger partial charge in [-0.3, -0.25) is 13.7 Å². The van der Waals surface area contributed by atoms with Crippen LogP contribution < -0.4 is 9.30 Å². The Balaban J connectivity index is 1.09. The number of ether oxygens (including phenoxy) is 1. The van der Waals surface area contributed by atoms with Gasteiger partial charge in [0.25, 0.3) is 6.33 Å². The molecule has 0 aliphatic carbocycles. The van der Waals surface area contributed by atoms with Crippen molar-refractivity contribution in [2.45, 2.75) is 112 Å². The number of aryl methyl sites for hydroxylation is 1. The van der Waals surface area contributed by atoms with Crippen LogP contribution in [0.4, 0.5) is 0 Å². The zero-order chi connectivity index (χ0) is 77.0. The van der Waals surface area contributed by atoms with Crippen LogP contribution in [0.25, 0.3) is 106 Å². The van der Waals surface area contributed by atoms with E-state index in [1.54, 1.807) is 28.8 Å². The molecule has 0 atom stereocenters. The Morgan fingerprint density at radius 3 is 1.53 bits per heavy atom. The smallest absolute Gasteiger partial charge is 0.269 e. The molecule has 10 aromatic carbocycles. The van der Waals surface area contributed by atoms with Crippen LogP contribution in [0.2, 0.25) is 0 Å². The third-order valence-electron chi connectivity index (χ3n) is 16.4. The number of imidazole rings is 1. The van der Waals surface area contributed by atoms with E-state index in [0.717, 1.165) is 44.2 Å². The second kappa shape index (κ2) is 22.0. The number of nitrogens with zero attached hydrogens (tertiary/aromatic N) is 4. The van der Waals surface area contributed by atoms with Crippen LogP contribution in [0, 0.1) is 13.2 Å². The number of benzene rings is 10. The molecule has 3 heterocycles. The maximum Gasteiger partial charge on any atom is 0.269 e. The van der Waals surface area contributed by atoms with E-state index in [4.69, 9.17) is 28.9 Å². The van der Waals surface area contributed by atoms with E-state index in [0.29, 0.717) is 67.2 Å². The molecule has 5 nitrogen and oxygen atoms in total. The lowest BCUT2D eigenvalue weighted by Crippen LogP contribution is -2.32. The van der Waals surface area contributed by atoms with Gasteiger partial charge in [-0.2, -0.15) is 0 Å². The van der Waals surface area contributed by atoms with Gasteiger partial charge in [-0.1, -0.05) is 247 Å². The summed E-state index contributed by atoms with van der Waals surface area (Å²) in [6, 6.07) is 36.2. The summed E-state index contributed by atoms with van der Waals surface area (Å²) in [6.45, 7) is 22.9. The molecule has 436 valence electrons. The molecule has 0 saturated heterocycles. The first-order valence-electron chi connectivity index (χ1n) is 38.5. The van der Waals surface area contributed by atoms with Crippen LogP contribution in [-0.4, -0.2) is 14.1 Å². The molecule has 5 heteroatoms. The summed E-state index contributed by atoms with van der Waals surface area (Å²) in [5.41, 5.74) is 8.50. The van der Waals surface area contributed by atoms with Gasteiger partial charge in [0.2, 0.25) is 0 Å². The van der Waals surface area contributed by atoms with E-state index in [1.165, 1.54) is 12.3 Å². The third-order valence-corrected chi connectivity index (χ3v) is 16.4. The van der Waals surface area contributed by atoms with Gasteiger partial charge in [0.15, 0.2) is 0 Å². The van der Waals surface area contributed by atoms with E-state index in [9.17, 15) is 5.48 Å². The minimum absolute atomic E-state index is 0.00610. The Kier molecular flexibility index (Phi) is 9.99. The first-order valence-corrected chi connectivity index (χ1v) is 29.5. The molecule has 13 aromatic rings. The number of fused-ring (bicyclic) bond motifs is 4. The Morgan fingerprint density at radius 2 is 0.966 bits per heavy atom. The first-order chi connectivity index (χ1) is 49.5. The molecule has 3 aromatic heterocycles. The molecule has 0 aliphatic rings. The topological polar surface area (TPSA) is 35.9 Å². The van der Waals surface area contributed by atoms with E-state index in [2.05, 4.69) is 126 Å². The first kappa shape index (κ1) is 40.0. The van der Waals surface area contributed by atoms with Gasteiger partial charge in [-0.05, 0) is 167 Å². The highest BCUT2D eigenvalue weighted by molar-refractivity contribution is 6.09. The maximum atomic E-state index is 9.54. The zero-order valence-corrected chi connectivity index (χ0v) is 51.6.